The number of hydrogen-bond donors (Lipinski definition) is 1. The third-order valence-electron chi connectivity index (χ3n) is 6.43. The smallest absolute Gasteiger partial charge is 0.225 e. The molecule has 0 spiro atoms. The summed E-state index contributed by atoms with van der Waals surface area (Å²) < 4.78 is 0. The molecule has 1 atom stereocenters. The molecule has 0 saturated carbocycles. The lowest BCUT2D eigenvalue weighted by Crippen LogP contribution is -2.37. The Morgan fingerprint density at radius 3 is 2.59 bits per heavy atom. The van der Waals surface area contributed by atoms with Crippen LogP contribution in [0.15, 0.2) is 48.5 Å². The zero-order valence-electron chi connectivity index (χ0n) is 18.7. The van der Waals surface area contributed by atoms with Crippen molar-refractivity contribution in [2.45, 2.75) is 45.7 Å². The highest BCUT2D eigenvalue weighted by Gasteiger charge is 2.34. The normalized spacial score (nSPS) is 17.9. The molecule has 2 aliphatic rings. The van der Waals surface area contributed by atoms with Crippen LogP contribution in [0.25, 0.3) is 0 Å². The van der Waals surface area contributed by atoms with Crippen molar-refractivity contribution in [2.24, 2.45) is 5.92 Å². The fourth-order valence-corrected chi connectivity index (χ4v) is 4.48. The van der Waals surface area contributed by atoms with Gasteiger partial charge in [0.1, 0.15) is 0 Å². The highest BCUT2D eigenvalue weighted by atomic mass is 16.2. The largest absolute Gasteiger partial charge is 0.356 e. The minimum atomic E-state index is -0.317. The molecular weight excluding hydrogens is 402 g/mol. The van der Waals surface area contributed by atoms with Gasteiger partial charge in [-0.2, -0.15) is 0 Å². The number of benzene rings is 2. The number of nitrogens with zero attached hydrogens (tertiary/aromatic N) is 2. The van der Waals surface area contributed by atoms with Crippen LogP contribution in [0.4, 0.5) is 0 Å². The molecule has 32 heavy (non-hydrogen) atoms. The minimum Gasteiger partial charge on any atom is -0.356 e. The second-order valence-corrected chi connectivity index (χ2v) is 8.89. The molecule has 2 aromatic rings. The zero-order valence-corrected chi connectivity index (χ0v) is 18.7. The van der Waals surface area contributed by atoms with Crippen LogP contribution in [0.3, 0.4) is 0 Å². The van der Waals surface area contributed by atoms with Gasteiger partial charge in [-0.25, -0.2) is 0 Å². The fourth-order valence-electron chi connectivity index (χ4n) is 4.48. The molecule has 0 aliphatic carbocycles. The summed E-state index contributed by atoms with van der Waals surface area (Å²) in [5, 5.41) is 2.92. The molecule has 2 heterocycles. The number of nitrogens with one attached hydrogen (secondary N) is 1. The van der Waals surface area contributed by atoms with E-state index in [1.165, 1.54) is 16.7 Å². The predicted octanol–water partition coefficient (Wildman–Crippen LogP) is 2.82. The lowest BCUT2D eigenvalue weighted by Gasteiger charge is -2.29. The lowest BCUT2D eigenvalue weighted by atomic mass is 9.99. The van der Waals surface area contributed by atoms with Crippen molar-refractivity contribution in [2.75, 3.05) is 19.6 Å². The van der Waals surface area contributed by atoms with Gasteiger partial charge in [0.15, 0.2) is 0 Å². The van der Waals surface area contributed by atoms with Gasteiger partial charge in [0.05, 0.1) is 5.92 Å². The summed E-state index contributed by atoms with van der Waals surface area (Å²) in [6.07, 6.45) is 2.18. The van der Waals surface area contributed by atoms with E-state index in [0.717, 1.165) is 18.5 Å². The Morgan fingerprint density at radius 1 is 1.06 bits per heavy atom. The topological polar surface area (TPSA) is 69.7 Å². The van der Waals surface area contributed by atoms with Gasteiger partial charge in [-0.05, 0) is 36.5 Å². The summed E-state index contributed by atoms with van der Waals surface area (Å²) in [5.74, 6) is -0.258. The highest BCUT2D eigenvalue weighted by molar-refractivity contribution is 5.89. The van der Waals surface area contributed by atoms with Crippen molar-refractivity contribution in [3.8, 4) is 0 Å². The van der Waals surface area contributed by atoms with Crippen molar-refractivity contribution < 1.29 is 14.4 Å². The van der Waals surface area contributed by atoms with Crippen molar-refractivity contribution in [3.05, 3.63) is 70.8 Å². The third kappa shape index (κ3) is 5.36. The maximum Gasteiger partial charge on any atom is 0.225 e. The third-order valence-corrected chi connectivity index (χ3v) is 6.43. The fraction of sp³-hybridized carbons (Fsp3) is 0.423. The van der Waals surface area contributed by atoms with Crippen LogP contribution in [-0.2, 0) is 33.9 Å². The number of hydrogen-bond acceptors (Lipinski definition) is 3. The van der Waals surface area contributed by atoms with Crippen LogP contribution >= 0.6 is 0 Å². The summed E-state index contributed by atoms with van der Waals surface area (Å²) in [4.78, 5) is 41.1. The van der Waals surface area contributed by atoms with Gasteiger partial charge in [0.2, 0.25) is 17.7 Å². The van der Waals surface area contributed by atoms with E-state index >= 15 is 0 Å². The Labute approximate surface area is 189 Å². The molecule has 0 bridgehead atoms. The molecule has 2 aromatic carbocycles. The molecule has 1 unspecified atom stereocenters. The second kappa shape index (κ2) is 9.98. The van der Waals surface area contributed by atoms with Gasteiger partial charge in [-0.1, -0.05) is 54.1 Å². The van der Waals surface area contributed by atoms with E-state index in [9.17, 15) is 14.4 Å². The number of amides is 3. The van der Waals surface area contributed by atoms with Gasteiger partial charge < -0.3 is 15.1 Å². The standard InChI is InChI=1S/C26H31N3O3/c1-19-8-10-20(11-9-19)16-29-18-23(15-25(29)31)26(32)27-13-4-7-24(30)28-14-12-21-5-2-3-6-22(21)17-28/h2-3,5-6,8-11,23H,4,7,12-18H2,1H3,(H,27,32). The van der Waals surface area contributed by atoms with Crippen molar-refractivity contribution in [3.63, 3.8) is 0 Å². The van der Waals surface area contributed by atoms with Crippen molar-refractivity contribution in [1.29, 1.82) is 0 Å². The summed E-state index contributed by atoms with van der Waals surface area (Å²) in [6, 6.07) is 16.4. The monoisotopic (exact) mass is 433 g/mol. The van der Waals surface area contributed by atoms with E-state index in [1.807, 2.05) is 48.2 Å². The van der Waals surface area contributed by atoms with Gasteiger partial charge in [-0.3, -0.25) is 14.4 Å². The Kier molecular flexibility index (Phi) is 6.88. The first-order valence-electron chi connectivity index (χ1n) is 11.4. The Balaban J connectivity index is 1.17. The van der Waals surface area contributed by atoms with Crippen molar-refractivity contribution in [1.82, 2.24) is 15.1 Å². The van der Waals surface area contributed by atoms with Gasteiger partial charge in [-0.15, -0.1) is 0 Å². The molecule has 168 valence electrons. The van der Waals surface area contributed by atoms with E-state index < -0.39 is 0 Å². The Morgan fingerprint density at radius 2 is 1.81 bits per heavy atom. The molecular formula is C26H31N3O3. The minimum absolute atomic E-state index is 0.0197. The summed E-state index contributed by atoms with van der Waals surface area (Å²) in [7, 11) is 0. The van der Waals surface area contributed by atoms with Crippen LogP contribution in [0.5, 0.6) is 0 Å². The molecule has 1 fully saturated rings. The summed E-state index contributed by atoms with van der Waals surface area (Å²) in [5.41, 5.74) is 4.80. The number of fused-ring (bicyclic) bond motifs is 1. The molecule has 6 heteroatoms. The van der Waals surface area contributed by atoms with Crippen molar-refractivity contribution >= 4 is 17.7 Å². The number of aryl methyl sites for hydroxylation is 1. The summed E-state index contributed by atoms with van der Waals surface area (Å²) >= 11 is 0. The number of rotatable bonds is 7. The van der Waals surface area contributed by atoms with E-state index in [2.05, 4.69) is 17.4 Å². The maximum absolute atomic E-state index is 12.6. The molecule has 0 radical (unpaired) electrons. The van der Waals surface area contributed by atoms with Crippen LogP contribution in [0.2, 0.25) is 0 Å². The van der Waals surface area contributed by atoms with Crippen LogP contribution in [0, 0.1) is 12.8 Å². The first-order valence-corrected chi connectivity index (χ1v) is 11.4. The molecule has 1 N–H and O–H groups in total. The Hall–Kier alpha value is -3.15. The Bertz CT molecular complexity index is 986. The maximum atomic E-state index is 12.6. The average molecular weight is 434 g/mol. The zero-order chi connectivity index (χ0) is 22.5. The highest BCUT2D eigenvalue weighted by Crippen LogP contribution is 2.21. The molecule has 6 nitrogen and oxygen atoms in total. The van der Waals surface area contributed by atoms with Crippen LogP contribution in [-0.4, -0.2) is 47.2 Å². The first-order chi connectivity index (χ1) is 15.5. The van der Waals surface area contributed by atoms with E-state index in [4.69, 9.17) is 0 Å². The number of carbonyl (C=O) groups is 3. The van der Waals surface area contributed by atoms with Crippen LogP contribution < -0.4 is 5.32 Å². The first kappa shape index (κ1) is 22.1. The van der Waals surface area contributed by atoms with Gasteiger partial charge in [0, 0.05) is 45.6 Å². The van der Waals surface area contributed by atoms with Gasteiger partial charge >= 0.3 is 0 Å². The van der Waals surface area contributed by atoms with E-state index in [-0.39, 0.29) is 30.1 Å². The summed E-state index contributed by atoms with van der Waals surface area (Å²) in [6.45, 7) is 4.90. The molecule has 3 amide bonds. The number of likely N-dealkylation sites (tertiary alicyclic amines) is 1. The molecule has 0 aromatic heterocycles. The molecule has 2 aliphatic heterocycles. The average Bonchev–Trinajstić information content (AvgIpc) is 3.17. The van der Waals surface area contributed by atoms with E-state index in [0.29, 0.717) is 39.0 Å². The predicted molar refractivity (Wildman–Crippen MR) is 123 cm³/mol. The number of carbonyl (C=O) groups excluding carboxylic acids is 3. The second-order valence-electron chi connectivity index (χ2n) is 8.89. The van der Waals surface area contributed by atoms with E-state index in [1.54, 1.807) is 4.90 Å². The molecule has 1 saturated heterocycles. The SMILES string of the molecule is Cc1ccc(CN2CC(C(=O)NCCCC(=O)N3CCc4ccccc4C3)CC2=O)cc1. The lowest BCUT2D eigenvalue weighted by molar-refractivity contribution is -0.132. The molecule has 4 rings (SSSR count). The van der Waals surface area contributed by atoms with Crippen LogP contribution in [0.1, 0.15) is 41.5 Å². The quantitative estimate of drug-likeness (QED) is 0.683. The van der Waals surface area contributed by atoms with Gasteiger partial charge in [0.25, 0.3) is 0 Å².